The van der Waals surface area contributed by atoms with Gasteiger partial charge in [-0.05, 0) is 44.1 Å². The van der Waals surface area contributed by atoms with Crippen LogP contribution < -0.4 is 0 Å². The lowest BCUT2D eigenvalue weighted by Gasteiger charge is -2.27. The highest BCUT2D eigenvalue weighted by Gasteiger charge is 2.27. The van der Waals surface area contributed by atoms with Crippen LogP contribution >= 0.6 is 0 Å². The van der Waals surface area contributed by atoms with Gasteiger partial charge in [-0.3, -0.25) is 4.79 Å². The molecule has 0 N–H and O–H groups in total. The zero-order valence-corrected chi connectivity index (χ0v) is 17.6. The lowest BCUT2D eigenvalue weighted by atomic mass is 9.81. The van der Waals surface area contributed by atoms with Gasteiger partial charge in [0.15, 0.2) is 11.3 Å². The van der Waals surface area contributed by atoms with Crippen LogP contribution in [0, 0.1) is 5.92 Å². The predicted molar refractivity (Wildman–Crippen MR) is 114 cm³/mol. The molecule has 1 saturated heterocycles. The van der Waals surface area contributed by atoms with Crippen molar-refractivity contribution < 1.29 is 4.79 Å². The second kappa shape index (κ2) is 8.45. The van der Waals surface area contributed by atoms with Crippen LogP contribution in [0.5, 0.6) is 0 Å². The average Bonchev–Trinajstić information content (AvgIpc) is 2.93. The fourth-order valence-corrected chi connectivity index (χ4v) is 5.38. The summed E-state index contributed by atoms with van der Waals surface area (Å²) in [6.07, 6.45) is 16.3. The van der Waals surface area contributed by atoms with Crippen LogP contribution in [-0.4, -0.2) is 38.5 Å². The number of aromatic nitrogens is 3. The van der Waals surface area contributed by atoms with Gasteiger partial charge in [0, 0.05) is 36.5 Å². The summed E-state index contributed by atoms with van der Waals surface area (Å²) in [5.74, 6) is 1.44. The van der Waals surface area contributed by atoms with Crippen molar-refractivity contribution in [2.24, 2.45) is 5.92 Å². The molecule has 5 rings (SSSR count). The van der Waals surface area contributed by atoms with Gasteiger partial charge in [-0.1, -0.05) is 51.4 Å². The summed E-state index contributed by atoms with van der Waals surface area (Å²) < 4.78 is 1.99. The van der Waals surface area contributed by atoms with Crippen LogP contribution in [0.2, 0.25) is 0 Å². The highest BCUT2D eigenvalue weighted by molar-refractivity contribution is 5.93. The van der Waals surface area contributed by atoms with Crippen LogP contribution in [-0.2, 0) is 6.42 Å². The summed E-state index contributed by atoms with van der Waals surface area (Å²) in [7, 11) is 0. The number of carbonyl (C=O) groups is 1. The molecule has 1 aliphatic heterocycles. The van der Waals surface area contributed by atoms with E-state index in [9.17, 15) is 4.79 Å². The standard InChI is InChI=1S/C24H34N4O/c29-24(27-13-6-1-2-7-14-27)21-17-23-25-20(15-18-9-4-3-5-10-18)16-22(28(23)26-21)19-11-8-12-19/h16-19H,1-15H2. The first-order valence-electron chi connectivity index (χ1n) is 12.0. The average molecular weight is 395 g/mol. The molecule has 3 fully saturated rings. The van der Waals surface area contributed by atoms with E-state index in [1.54, 1.807) is 0 Å². The number of fused-ring (bicyclic) bond motifs is 1. The minimum atomic E-state index is 0.0887. The number of hydrogen-bond acceptors (Lipinski definition) is 3. The molecule has 0 unspecified atom stereocenters. The monoisotopic (exact) mass is 394 g/mol. The Morgan fingerprint density at radius 2 is 1.62 bits per heavy atom. The Morgan fingerprint density at radius 3 is 2.31 bits per heavy atom. The molecule has 29 heavy (non-hydrogen) atoms. The zero-order valence-electron chi connectivity index (χ0n) is 17.6. The molecule has 3 aliphatic rings. The van der Waals surface area contributed by atoms with Gasteiger partial charge in [0.1, 0.15) is 0 Å². The normalized spacial score (nSPS) is 21.9. The minimum Gasteiger partial charge on any atom is -0.337 e. The van der Waals surface area contributed by atoms with E-state index in [0.717, 1.165) is 43.9 Å². The quantitative estimate of drug-likeness (QED) is 0.722. The molecule has 2 saturated carbocycles. The van der Waals surface area contributed by atoms with E-state index in [0.29, 0.717) is 11.6 Å². The Balaban J connectivity index is 1.45. The Bertz CT molecular complexity index is 855. The fourth-order valence-electron chi connectivity index (χ4n) is 5.38. The van der Waals surface area contributed by atoms with Crippen molar-refractivity contribution in [3.8, 4) is 0 Å². The maximum Gasteiger partial charge on any atom is 0.274 e. The van der Waals surface area contributed by atoms with Gasteiger partial charge in [0.05, 0.1) is 0 Å². The van der Waals surface area contributed by atoms with Crippen molar-refractivity contribution in [2.45, 2.75) is 89.4 Å². The van der Waals surface area contributed by atoms with Gasteiger partial charge >= 0.3 is 0 Å². The largest absolute Gasteiger partial charge is 0.337 e. The van der Waals surface area contributed by atoms with Gasteiger partial charge < -0.3 is 4.90 Å². The van der Waals surface area contributed by atoms with E-state index in [1.165, 1.54) is 75.6 Å². The van der Waals surface area contributed by atoms with Crippen molar-refractivity contribution in [2.75, 3.05) is 13.1 Å². The zero-order chi connectivity index (χ0) is 19.6. The Kier molecular flexibility index (Phi) is 5.56. The summed E-state index contributed by atoms with van der Waals surface area (Å²) in [5.41, 5.74) is 3.94. The number of carbonyl (C=O) groups excluding carboxylic acids is 1. The van der Waals surface area contributed by atoms with E-state index in [2.05, 4.69) is 6.07 Å². The van der Waals surface area contributed by atoms with E-state index >= 15 is 0 Å². The number of likely N-dealkylation sites (tertiary alicyclic amines) is 1. The summed E-state index contributed by atoms with van der Waals surface area (Å²) in [6.45, 7) is 1.73. The number of amides is 1. The predicted octanol–water partition coefficient (Wildman–Crippen LogP) is 5.14. The van der Waals surface area contributed by atoms with E-state index in [-0.39, 0.29) is 5.91 Å². The second-order valence-corrected chi connectivity index (χ2v) is 9.51. The minimum absolute atomic E-state index is 0.0887. The maximum absolute atomic E-state index is 13.1. The molecule has 2 aliphatic carbocycles. The molecule has 5 nitrogen and oxygen atoms in total. The van der Waals surface area contributed by atoms with E-state index in [1.807, 2.05) is 15.5 Å². The van der Waals surface area contributed by atoms with Crippen LogP contribution in [0.1, 0.15) is 105 Å². The molecule has 0 radical (unpaired) electrons. The SMILES string of the molecule is O=C(c1cc2nc(CC3CCCCC3)cc(C3CCC3)n2n1)N1CCCCCC1. The topological polar surface area (TPSA) is 50.5 Å². The third-order valence-electron chi connectivity index (χ3n) is 7.37. The molecule has 2 aromatic heterocycles. The maximum atomic E-state index is 13.1. The summed E-state index contributed by atoms with van der Waals surface area (Å²) >= 11 is 0. The lowest BCUT2D eigenvalue weighted by molar-refractivity contribution is 0.0755. The Hall–Kier alpha value is -1.91. The van der Waals surface area contributed by atoms with Crippen molar-refractivity contribution in [3.05, 3.63) is 29.2 Å². The highest BCUT2D eigenvalue weighted by atomic mass is 16.2. The molecule has 0 atom stereocenters. The van der Waals surface area contributed by atoms with Gasteiger partial charge in [0.25, 0.3) is 5.91 Å². The number of rotatable bonds is 4. The van der Waals surface area contributed by atoms with Crippen LogP contribution in [0.4, 0.5) is 0 Å². The number of nitrogens with zero attached hydrogens (tertiary/aromatic N) is 4. The Morgan fingerprint density at radius 1 is 0.897 bits per heavy atom. The first kappa shape index (κ1) is 19.1. The summed E-state index contributed by atoms with van der Waals surface area (Å²) in [5, 5.41) is 4.77. The van der Waals surface area contributed by atoms with Crippen LogP contribution in [0.3, 0.4) is 0 Å². The third-order valence-corrected chi connectivity index (χ3v) is 7.37. The van der Waals surface area contributed by atoms with Crippen molar-refractivity contribution >= 4 is 11.6 Å². The molecule has 0 aromatic carbocycles. The van der Waals surface area contributed by atoms with Crippen molar-refractivity contribution in [1.29, 1.82) is 0 Å². The first-order chi connectivity index (χ1) is 14.3. The Labute approximate surface area is 173 Å². The smallest absolute Gasteiger partial charge is 0.274 e. The molecular weight excluding hydrogens is 360 g/mol. The van der Waals surface area contributed by atoms with Gasteiger partial charge in [-0.15, -0.1) is 0 Å². The van der Waals surface area contributed by atoms with Gasteiger partial charge in [-0.2, -0.15) is 5.10 Å². The first-order valence-corrected chi connectivity index (χ1v) is 12.0. The summed E-state index contributed by atoms with van der Waals surface area (Å²) in [4.78, 5) is 20.1. The lowest BCUT2D eigenvalue weighted by Crippen LogP contribution is -2.32. The second-order valence-electron chi connectivity index (χ2n) is 9.51. The van der Waals surface area contributed by atoms with E-state index < -0.39 is 0 Å². The summed E-state index contributed by atoms with van der Waals surface area (Å²) in [6, 6.07) is 4.25. The van der Waals surface area contributed by atoms with Crippen molar-refractivity contribution in [3.63, 3.8) is 0 Å². The molecule has 1 amide bonds. The van der Waals surface area contributed by atoms with E-state index in [4.69, 9.17) is 10.1 Å². The fraction of sp³-hybridized carbons (Fsp3) is 0.708. The number of hydrogen-bond donors (Lipinski definition) is 0. The van der Waals surface area contributed by atoms with Crippen LogP contribution in [0.15, 0.2) is 12.1 Å². The highest BCUT2D eigenvalue weighted by Crippen LogP contribution is 2.37. The molecule has 156 valence electrons. The molecular formula is C24H34N4O. The van der Waals surface area contributed by atoms with Crippen molar-refractivity contribution in [1.82, 2.24) is 19.5 Å². The molecule has 0 spiro atoms. The molecule has 5 heteroatoms. The molecule has 2 aromatic rings. The van der Waals surface area contributed by atoms with Gasteiger partial charge in [-0.25, -0.2) is 9.50 Å². The molecule has 0 bridgehead atoms. The third kappa shape index (κ3) is 4.06. The molecule has 3 heterocycles. The van der Waals surface area contributed by atoms with Gasteiger partial charge in [0.2, 0.25) is 0 Å². The van der Waals surface area contributed by atoms with Crippen LogP contribution in [0.25, 0.3) is 5.65 Å².